The van der Waals surface area contributed by atoms with Gasteiger partial charge in [-0.15, -0.1) is 11.3 Å². The van der Waals surface area contributed by atoms with Gasteiger partial charge in [-0.05, 0) is 36.8 Å². The molecule has 1 aromatic rings. The van der Waals surface area contributed by atoms with Crippen LogP contribution in [0.3, 0.4) is 0 Å². The van der Waals surface area contributed by atoms with Crippen LogP contribution in [-0.4, -0.2) is 50.1 Å². The first-order chi connectivity index (χ1) is 11.6. The number of carbonyl (C=O) groups is 1. The fourth-order valence-electron chi connectivity index (χ4n) is 2.63. The van der Waals surface area contributed by atoms with Gasteiger partial charge in [0.05, 0.1) is 23.0 Å². The SMILES string of the molecule is CC(C)C[C@H](CCc1cc(S(=O)(=O)N(C)CC2CO2)sc1Cl)C(=O)O. The van der Waals surface area contributed by atoms with E-state index in [-0.39, 0.29) is 16.2 Å². The van der Waals surface area contributed by atoms with E-state index in [0.717, 1.165) is 11.3 Å². The molecule has 2 atom stereocenters. The van der Waals surface area contributed by atoms with E-state index in [0.29, 0.717) is 42.3 Å². The fourth-order valence-corrected chi connectivity index (χ4v) is 5.85. The van der Waals surface area contributed by atoms with Crippen molar-refractivity contribution in [1.82, 2.24) is 4.31 Å². The molecule has 142 valence electrons. The van der Waals surface area contributed by atoms with Gasteiger partial charge < -0.3 is 9.84 Å². The van der Waals surface area contributed by atoms with Gasteiger partial charge in [0, 0.05) is 13.6 Å². The molecule has 1 saturated heterocycles. The second-order valence-electron chi connectivity index (χ2n) is 6.81. The second kappa shape index (κ2) is 8.35. The summed E-state index contributed by atoms with van der Waals surface area (Å²) in [7, 11) is -2.08. The van der Waals surface area contributed by atoms with Crippen molar-refractivity contribution in [3.8, 4) is 0 Å². The van der Waals surface area contributed by atoms with Gasteiger partial charge in [-0.25, -0.2) is 8.42 Å². The minimum absolute atomic E-state index is 0.0259. The lowest BCUT2D eigenvalue weighted by Crippen LogP contribution is -2.30. The molecule has 0 aromatic carbocycles. The highest BCUT2D eigenvalue weighted by molar-refractivity contribution is 7.91. The van der Waals surface area contributed by atoms with E-state index in [1.54, 1.807) is 6.07 Å². The van der Waals surface area contributed by atoms with Crippen molar-refractivity contribution >= 4 is 38.9 Å². The molecular weight excluding hydrogens is 386 g/mol. The maximum absolute atomic E-state index is 12.6. The van der Waals surface area contributed by atoms with Crippen molar-refractivity contribution in [2.45, 2.75) is 43.4 Å². The second-order valence-corrected chi connectivity index (χ2v) is 10.7. The van der Waals surface area contributed by atoms with Crippen LogP contribution in [0.2, 0.25) is 4.34 Å². The number of hydrogen-bond donors (Lipinski definition) is 1. The van der Waals surface area contributed by atoms with E-state index < -0.39 is 21.9 Å². The number of sulfonamides is 1. The fraction of sp³-hybridized carbons (Fsp3) is 0.688. The third-order valence-electron chi connectivity index (χ3n) is 4.13. The van der Waals surface area contributed by atoms with Crippen molar-refractivity contribution in [3.05, 3.63) is 16.0 Å². The molecule has 0 bridgehead atoms. The number of epoxide rings is 1. The Kier molecular flexibility index (Phi) is 6.89. The van der Waals surface area contributed by atoms with Gasteiger partial charge in [0.2, 0.25) is 0 Å². The summed E-state index contributed by atoms with van der Waals surface area (Å²) in [6, 6.07) is 1.57. The Hall–Kier alpha value is -0.670. The number of aliphatic carboxylic acids is 1. The Labute approximate surface area is 157 Å². The number of aryl methyl sites for hydroxylation is 1. The number of thiophene rings is 1. The molecule has 2 heterocycles. The molecule has 1 unspecified atom stereocenters. The molecule has 0 radical (unpaired) electrons. The van der Waals surface area contributed by atoms with Crippen LogP contribution in [0.1, 0.15) is 32.3 Å². The van der Waals surface area contributed by atoms with Gasteiger partial charge in [-0.3, -0.25) is 4.79 Å². The number of halogens is 1. The Bertz CT molecular complexity index is 712. The monoisotopic (exact) mass is 409 g/mol. The molecule has 1 fully saturated rings. The number of rotatable bonds is 10. The highest BCUT2D eigenvalue weighted by atomic mass is 35.5. The van der Waals surface area contributed by atoms with Crippen molar-refractivity contribution in [3.63, 3.8) is 0 Å². The lowest BCUT2D eigenvalue weighted by molar-refractivity contribution is -0.142. The highest BCUT2D eigenvalue weighted by Crippen LogP contribution is 2.34. The first-order valence-electron chi connectivity index (χ1n) is 8.20. The first-order valence-corrected chi connectivity index (χ1v) is 10.8. The summed E-state index contributed by atoms with van der Waals surface area (Å²) >= 11 is 7.22. The van der Waals surface area contributed by atoms with Crippen LogP contribution in [0.25, 0.3) is 0 Å². The first kappa shape index (κ1) is 20.6. The molecule has 0 amide bonds. The number of ether oxygens (including phenoxy) is 1. The topological polar surface area (TPSA) is 87.2 Å². The number of likely N-dealkylation sites (N-methyl/N-ethyl adjacent to an activating group) is 1. The van der Waals surface area contributed by atoms with Crippen LogP contribution in [0.15, 0.2) is 10.3 Å². The Balaban J connectivity index is 2.07. The zero-order chi connectivity index (χ0) is 18.8. The van der Waals surface area contributed by atoms with E-state index in [1.807, 2.05) is 13.8 Å². The molecule has 2 rings (SSSR count). The summed E-state index contributed by atoms with van der Waals surface area (Å²) < 4.78 is 32.1. The normalized spacial score (nSPS) is 18.7. The van der Waals surface area contributed by atoms with Gasteiger partial charge in [-0.1, -0.05) is 25.4 Å². The van der Waals surface area contributed by atoms with E-state index in [2.05, 4.69) is 0 Å². The summed E-state index contributed by atoms with van der Waals surface area (Å²) in [5.41, 5.74) is 0.691. The van der Waals surface area contributed by atoms with Crippen LogP contribution in [-0.2, 0) is 26.0 Å². The third kappa shape index (κ3) is 5.65. The molecular formula is C16H24ClNO5S2. The van der Waals surface area contributed by atoms with Crippen LogP contribution in [0, 0.1) is 11.8 Å². The predicted octanol–water partition coefficient (Wildman–Crippen LogP) is 3.10. The van der Waals surface area contributed by atoms with E-state index in [9.17, 15) is 18.3 Å². The molecule has 0 spiro atoms. The molecule has 25 heavy (non-hydrogen) atoms. The van der Waals surface area contributed by atoms with Gasteiger partial charge >= 0.3 is 5.97 Å². The molecule has 0 saturated carbocycles. The molecule has 9 heteroatoms. The van der Waals surface area contributed by atoms with Gasteiger partial charge in [-0.2, -0.15) is 4.31 Å². The van der Waals surface area contributed by atoms with Gasteiger partial charge in [0.15, 0.2) is 0 Å². The molecule has 1 aromatic heterocycles. The Morgan fingerprint density at radius 2 is 2.16 bits per heavy atom. The van der Waals surface area contributed by atoms with Crippen LogP contribution < -0.4 is 0 Å². The summed E-state index contributed by atoms with van der Waals surface area (Å²) in [5.74, 6) is -0.990. The van der Waals surface area contributed by atoms with Crippen LogP contribution in [0.5, 0.6) is 0 Å². The number of carboxylic acid groups (broad SMARTS) is 1. The zero-order valence-electron chi connectivity index (χ0n) is 14.6. The van der Waals surface area contributed by atoms with Crippen molar-refractivity contribution < 1.29 is 23.1 Å². The largest absolute Gasteiger partial charge is 0.481 e. The van der Waals surface area contributed by atoms with Crippen LogP contribution in [0.4, 0.5) is 0 Å². The van der Waals surface area contributed by atoms with E-state index in [4.69, 9.17) is 16.3 Å². The van der Waals surface area contributed by atoms with Crippen molar-refractivity contribution in [1.29, 1.82) is 0 Å². The van der Waals surface area contributed by atoms with Gasteiger partial charge in [0.25, 0.3) is 10.0 Å². The average molecular weight is 410 g/mol. The maximum atomic E-state index is 12.6. The zero-order valence-corrected chi connectivity index (χ0v) is 17.0. The summed E-state index contributed by atoms with van der Waals surface area (Å²) in [6.45, 7) is 4.88. The summed E-state index contributed by atoms with van der Waals surface area (Å²) in [4.78, 5) is 11.4. The minimum atomic E-state index is -3.60. The molecule has 1 aliphatic rings. The maximum Gasteiger partial charge on any atom is 0.306 e. The van der Waals surface area contributed by atoms with Crippen LogP contribution >= 0.6 is 22.9 Å². The van der Waals surface area contributed by atoms with Gasteiger partial charge in [0.1, 0.15) is 4.21 Å². The van der Waals surface area contributed by atoms with Crippen molar-refractivity contribution in [2.75, 3.05) is 20.2 Å². The van der Waals surface area contributed by atoms with Crippen molar-refractivity contribution in [2.24, 2.45) is 11.8 Å². The highest BCUT2D eigenvalue weighted by Gasteiger charge is 2.31. The lowest BCUT2D eigenvalue weighted by Gasteiger charge is -2.14. The molecule has 1 N–H and O–H groups in total. The predicted molar refractivity (Wildman–Crippen MR) is 97.8 cm³/mol. The Morgan fingerprint density at radius 1 is 1.52 bits per heavy atom. The summed E-state index contributed by atoms with van der Waals surface area (Å²) in [5, 5.41) is 9.32. The number of hydrogen-bond acceptors (Lipinski definition) is 5. The minimum Gasteiger partial charge on any atom is -0.481 e. The van der Waals surface area contributed by atoms with E-state index in [1.165, 1.54) is 11.4 Å². The molecule has 1 aliphatic heterocycles. The number of nitrogens with zero attached hydrogens (tertiary/aromatic N) is 1. The smallest absolute Gasteiger partial charge is 0.306 e. The molecule has 0 aliphatic carbocycles. The quantitative estimate of drug-likeness (QED) is 0.600. The average Bonchev–Trinajstić information content (AvgIpc) is 3.23. The Morgan fingerprint density at radius 3 is 2.68 bits per heavy atom. The lowest BCUT2D eigenvalue weighted by atomic mass is 9.92. The standard InChI is InChI=1S/C16H24ClNO5S2/c1-10(2)6-12(16(19)20)5-4-11-7-14(24-15(11)17)25(21,22)18(3)8-13-9-23-13/h7,10,12-13H,4-6,8-9H2,1-3H3,(H,19,20)/t12-,13?/m0/s1. The summed E-state index contributed by atoms with van der Waals surface area (Å²) in [6.07, 6.45) is 1.45. The van der Waals surface area contributed by atoms with E-state index >= 15 is 0 Å². The third-order valence-corrected chi connectivity index (χ3v) is 7.84. The number of carboxylic acids is 1. The molecule has 6 nitrogen and oxygen atoms in total.